The number of hydrogen-bond acceptors (Lipinski definition) is 5. The van der Waals surface area contributed by atoms with Crippen molar-refractivity contribution in [1.82, 2.24) is 15.5 Å². The largest absolute Gasteiger partial charge is 0.425 e. The molecule has 2 heterocycles. The molecule has 3 aromatic rings. The van der Waals surface area contributed by atoms with Crippen LogP contribution in [0.4, 0.5) is 10.1 Å². The minimum Gasteiger partial charge on any atom is -0.425 e. The summed E-state index contributed by atoms with van der Waals surface area (Å²) in [6, 6.07) is 14.3. The van der Waals surface area contributed by atoms with Crippen LogP contribution in [0.25, 0.3) is 0 Å². The zero-order valence-corrected chi connectivity index (χ0v) is 16.9. The lowest BCUT2D eigenvalue weighted by atomic mass is 10.0. The van der Waals surface area contributed by atoms with Crippen LogP contribution in [0.5, 0.6) is 0 Å². The van der Waals surface area contributed by atoms with E-state index in [1.54, 1.807) is 0 Å². The van der Waals surface area contributed by atoms with E-state index in [0.29, 0.717) is 35.9 Å². The van der Waals surface area contributed by atoms with Crippen molar-refractivity contribution in [2.75, 3.05) is 11.9 Å². The van der Waals surface area contributed by atoms with Crippen LogP contribution in [0, 0.1) is 5.82 Å². The van der Waals surface area contributed by atoms with Gasteiger partial charge in [0.1, 0.15) is 5.82 Å². The summed E-state index contributed by atoms with van der Waals surface area (Å²) in [5.41, 5.74) is 2.40. The molecule has 8 heteroatoms. The van der Waals surface area contributed by atoms with Crippen molar-refractivity contribution in [1.29, 1.82) is 0 Å². The Morgan fingerprint density at radius 3 is 2.65 bits per heavy atom. The summed E-state index contributed by atoms with van der Waals surface area (Å²) in [4.78, 5) is 24.3. The minimum absolute atomic E-state index is 0.107. The molecule has 2 aromatic carbocycles. The first-order valence-corrected chi connectivity index (χ1v) is 10.3. The zero-order chi connectivity index (χ0) is 21.6. The molecule has 0 radical (unpaired) electrons. The summed E-state index contributed by atoms with van der Waals surface area (Å²) >= 11 is 0. The number of benzene rings is 2. The Labute approximate surface area is 179 Å². The molecule has 0 bridgehead atoms. The molecule has 0 saturated heterocycles. The second-order valence-corrected chi connectivity index (χ2v) is 7.51. The normalized spacial score (nSPS) is 14.9. The van der Waals surface area contributed by atoms with E-state index in [1.165, 1.54) is 23.8 Å². The predicted molar refractivity (Wildman–Crippen MR) is 112 cm³/mol. The number of halogens is 1. The summed E-state index contributed by atoms with van der Waals surface area (Å²) in [7, 11) is 0. The molecule has 0 fully saturated rings. The number of rotatable bonds is 9. The number of amides is 2. The number of aromatic nitrogens is 2. The Morgan fingerprint density at radius 2 is 1.84 bits per heavy atom. The van der Waals surface area contributed by atoms with Gasteiger partial charge < -0.3 is 15.1 Å². The number of hydrogen-bond donors (Lipinski definition) is 2. The standard InChI is InChI=1S/C23H23FN4O3/c24-16-9-10-19-17(13-16)18(23(30)26-19)14-25-20(29)11-12-22-28-27-21(31-22)8-4-7-15-5-2-1-3-6-15/h1-3,5-6,9-10,13,18H,4,7-8,11-12,14H2,(H,25,29)(H,26,30). The SMILES string of the molecule is O=C(CCc1nnc(CCCc2ccccc2)o1)NCC1C(=O)Nc2ccc(F)cc21. The van der Waals surface area contributed by atoms with E-state index in [-0.39, 0.29) is 24.8 Å². The summed E-state index contributed by atoms with van der Waals surface area (Å²) in [6.45, 7) is 0.107. The van der Waals surface area contributed by atoms with E-state index in [1.807, 2.05) is 18.2 Å². The molecule has 160 valence electrons. The van der Waals surface area contributed by atoms with Crippen molar-refractivity contribution in [3.05, 3.63) is 77.3 Å². The van der Waals surface area contributed by atoms with Gasteiger partial charge in [-0.1, -0.05) is 30.3 Å². The average Bonchev–Trinajstić information content (AvgIpc) is 3.35. The smallest absolute Gasteiger partial charge is 0.233 e. The fraction of sp³-hybridized carbons (Fsp3) is 0.304. The molecule has 4 rings (SSSR count). The van der Waals surface area contributed by atoms with E-state index in [4.69, 9.17) is 4.42 Å². The number of anilines is 1. The highest BCUT2D eigenvalue weighted by atomic mass is 19.1. The first-order valence-electron chi connectivity index (χ1n) is 10.3. The van der Waals surface area contributed by atoms with Crippen LogP contribution in [0.2, 0.25) is 0 Å². The lowest BCUT2D eigenvalue weighted by Crippen LogP contribution is -2.31. The number of fused-ring (bicyclic) bond motifs is 1. The van der Waals surface area contributed by atoms with Gasteiger partial charge in [0.2, 0.25) is 23.6 Å². The van der Waals surface area contributed by atoms with Crippen LogP contribution in [0.1, 0.15) is 41.7 Å². The Morgan fingerprint density at radius 1 is 1.06 bits per heavy atom. The lowest BCUT2D eigenvalue weighted by molar-refractivity contribution is -0.121. The van der Waals surface area contributed by atoms with Gasteiger partial charge in [0.25, 0.3) is 0 Å². The Bertz CT molecular complexity index is 1070. The molecule has 0 saturated carbocycles. The van der Waals surface area contributed by atoms with E-state index >= 15 is 0 Å². The van der Waals surface area contributed by atoms with E-state index < -0.39 is 11.7 Å². The molecule has 0 spiro atoms. The van der Waals surface area contributed by atoms with Gasteiger partial charge in [-0.05, 0) is 42.2 Å². The Kier molecular flexibility index (Phi) is 6.35. The van der Waals surface area contributed by atoms with Gasteiger partial charge in [0.05, 0.1) is 5.92 Å². The van der Waals surface area contributed by atoms with Gasteiger partial charge in [-0.15, -0.1) is 10.2 Å². The fourth-order valence-electron chi connectivity index (χ4n) is 3.60. The average molecular weight is 422 g/mol. The molecule has 31 heavy (non-hydrogen) atoms. The van der Waals surface area contributed by atoms with Crippen LogP contribution >= 0.6 is 0 Å². The van der Waals surface area contributed by atoms with E-state index in [9.17, 15) is 14.0 Å². The molecule has 2 N–H and O–H groups in total. The number of carbonyl (C=O) groups excluding carboxylic acids is 2. The fourth-order valence-corrected chi connectivity index (χ4v) is 3.60. The van der Waals surface area contributed by atoms with Crippen LogP contribution in [0.3, 0.4) is 0 Å². The van der Waals surface area contributed by atoms with Crippen molar-refractivity contribution in [3.63, 3.8) is 0 Å². The van der Waals surface area contributed by atoms with Gasteiger partial charge in [0.15, 0.2) is 0 Å². The topological polar surface area (TPSA) is 97.1 Å². The van der Waals surface area contributed by atoms with Crippen molar-refractivity contribution in [2.24, 2.45) is 0 Å². The molecule has 1 aliphatic heterocycles. The summed E-state index contributed by atoms with van der Waals surface area (Å²) in [5, 5.41) is 13.5. The maximum absolute atomic E-state index is 13.5. The molecule has 0 aliphatic carbocycles. The molecular formula is C23H23FN4O3. The quantitative estimate of drug-likeness (QED) is 0.552. The molecule has 1 unspecified atom stereocenters. The van der Waals surface area contributed by atoms with E-state index in [2.05, 4.69) is 33.0 Å². The Balaban J connectivity index is 1.20. The predicted octanol–water partition coefficient (Wildman–Crippen LogP) is 3.17. The third-order valence-corrected chi connectivity index (χ3v) is 5.24. The van der Waals surface area contributed by atoms with Gasteiger partial charge in [-0.25, -0.2) is 4.39 Å². The third-order valence-electron chi connectivity index (χ3n) is 5.24. The maximum Gasteiger partial charge on any atom is 0.233 e. The molecule has 1 aromatic heterocycles. The summed E-state index contributed by atoms with van der Waals surface area (Å²) in [5.74, 6) is -0.528. The minimum atomic E-state index is -0.603. The van der Waals surface area contributed by atoms with E-state index in [0.717, 1.165) is 12.8 Å². The number of aryl methyl sites for hydroxylation is 3. The van der Waals surface area contributed by atoms with Crippen molar-refractivity contribution >= 4 is 17.5 Å². The number of nitrogens with zero attached hydrogens (tertiary/aromatic N) is 2. The number of carbonyl (C=O) groups is 2. The molecule has 1 aliphatic rings. The third kappa shape index (κ3) is 5.33. The van der Waals surface area contributed by atoms with Crippen LogP contribution in [-0.4, -0.2) is 28.6 Å². The van der Waals surface area contributed by atoms with Crippen molar-refractivity contribution in [2.45, 2.75) is 38.0 Å². The van der Waals surface area contributed by atoms with Crippen molar-refractivity contribution in [3.8, 4) is 0 Å². The van der Waals surface area contributed by atoms with Crippen molar-refractivity contribution < 1.29 is 18.4 Å². The highest BCUT2D eigenvalue weighted by Crippen LogP contribution is 2.32. The Hall–Kier alpha value is -3.55. The maximum atomic E-state index is 13.5. The van der Waals surface area contributed by atoms with Gasteiger partial charge in [0, 0.05) is 31.5 Å². The van der Waals surface area contributed by atoms with Gasteiger partial charge >= 0.3 is 0 Å². The highest BCUT2D eigenvalue weighted by molar-refractivity contribution is 6.03. The molecule has 2 amide bonds. The molecule has 7 nitrogen and oxygen atoms in total. The summed E-state index contributed by atoms with van der Waals surface area (Å²) < 4.78 is 19.1. The molecular weight excluding hydrogens is 399 g/mol. The van der Waals surface area contributed by atoms with Gasteiger partial charge in [-0.3, -0.25) is 9.59 Å². The first kappa shape index (κ1) is 20.7. The second-order valence-electron chi connectivity index (χ2n) is 7.51. The first-order chi connectivity index (χ1) is 15.1. The zero-order valence-electron chi connectivity index (χ0n) is 16.9. The lowest BCUT2D eigenvalue weighted by Gasteiger charge is -2.10. The van der Waals surface area contributed by atoms with Gasteiger partial charge in [-0.2, -0.15) is 0 Å². The second kappa shape index (κ2) is 9.51. The van der Waals surface area contributed by atoms with Crippen LogP contribution < -0.4 is 10.6 Å². The summed E-state index contributed by atoms with van der Waals surface area (Å²) in [6.07, 6.45) is 3.00. The monoisotopic (exact) mass is 422 g/mol. The number of nitrogens with one attached hydrogen (secondary N) is 2. The van der Waals surface area contributed by atoms with Crippen LogP contribution in [0.15, 0.2) is 52.9 Å². The highest BCUT2D eigenvalue weighted by Gasteiger charge is 2.31. The van der Waals surface area contributed by atoms with Crippen LogP contribution in [-0.2, 0) is 28.9 Å². The molecule has 1 atom stereocenters.